The Bertz CT molecular complexity index is 672. The van der Waals surface area contributed by atoms with Gasteiger partial charge in [0, 0.05) is 25.6 Å². The fourth-order valence-corrected chi connectivity index (χ4v) is 3.70. The molecule has 1 saturated carbocycles. The highest BCUT2D eigenvalue weighted by Gasteiger charge is 2.30. The Kier molecular flexibility index (Phi) is 5.28. The van der Waals surface area contributed by atoms with Gasteiger partial charge in [0.25, 0.3) is 0 Å². The molecule has 0 heterocycles. The summed E-state index contributed by atoms with van der Waals surface area (Å²) in [5, 5.41) is 8.85. The molecule has 0 aliphatic heterocycles. The molecule has 0 amide bonds. The van der Waals surface area contributed by atoms with Gasteiger partial charge in [0.15, 0.2) is 0 Å². The highest BCUT2D eigenvalue weighted by molar-refractivity contribution is 7.89. The van der Waals surface area contributed by atoms with Gasteiger partial charge < -0.3 is 5.11 Å². The van der Waals surface area contributed by atoms with E-state index < -0.39 is 10.0 Å². The summed E-state index contributed by atoms with van der Waals surface area (Å²) in [6.45, 7) is 0.538. The number of hydrogen-bond donors (Lipinski definition) is 1. The number of aliphatic hydroxyl groups is 1. The van der Waals surface area contributed by atoms with E-state index in [2.05, 4.69) is 11.8 Å². The molecule has 0 spiro atoms. The second-order valence-electron chi connectivity index (χ2n) is 5.15. The van der Waals surface area contributed by atoms with Crippen LogP contribution in [-0.2, 0) is 10.0 Å². The average Bonchev–Trinajstić information content (AvgIpc) is 3.22. The van der Waals surface area contributed by atoms with Crippen molar-refractivity contribution >= 4 is 21.6 Å². The Hall–Kier alpha value is -1.06. The molecule has 6 heteroatoms. The summed E-state index contributed by atoms with van der Waals surface area (Å²) in [5.74, 6) is 6.09. The minimum absolute atomic E-state index is 0.000837. The van der Waals surface area contributed by atoms with E-state index >= 15 is 0 Å². The fraction of sp³-hybridized carbons (Fsp3) is 0.467. The van der Waals surface area contributed by atoms with Crippen molar-refractivity contribution < 1.29 is 13.5 Å². The molecule has 4 nitrogen and oxygen atoms in total. The fourth-order valence-electron chi connectivity index (χ4n) is 1.94. The standard InChI is InChI=1S/C15H18ClNO3S/c1-17(11-13-5-6-13)21(19,20)15-8-7-12(10-14(15)16)4-2-3-9-18/h7-8,10,13,18H,3,5-6,9,11H2,1H3. The van der Waals surface area contributed by atoms with Crippen LogP contribution in [0.5, 0.6) is 0 Å². The third-order valence-electron chi connectivity index (χ3n) is 3.30. The maximum absolute atomic E-state index is 12.5. The topological polar surface area (TPSA) is 57.6 Å². The van der Waals surface area contributed by atoms with Gasteiger partial charge in [-0.1, -0.05) is 23.4 Å². The highest BCUT2D eigenvalue weighted by Crippen LogP contribution is 2.32. The summed E-state index contributed by atoms with van der Waals surface area (Å²) in [4.78, 5) is 0.111. The molecule has 0 saturated heterocycles. The molecule has 0 radical (unpaired) electrons. The van der Waals surface area contributed by atoms with Crippen LogP contribution in [0.4, 0.5) is 0 Å². The Labute approximate surface area is 130 Å². The molecule has 1 fully saturated rings. The first-order valence-electron chi connectivity index (χ1n) is 6.81. The number of sulfonamides is 1. The molecule has 21 heavy (non-hydrogen) atoms. The predicted octanol–water partition coefficient (Wildman–Crippen LogP) is 2.10. The van der Waals surface area contributed by atoms with E-state index in [0.717, 1.165) is 12.8 Å². The van der Waals surface area contributed by atoms with Gasteiger partial charge in [-0.3, -0.25) is 0 Å². The number of benzene rings is 1. The van der Waals surface area contributed by atoms with Gasteiger partial charge in [-0.15, -0.1) is 0 Å². The molecule has 0 atom stereocenters. The molecular formula is C15H18ClNO3S. The molecule has 1 aromatic rings. The van der Waals surface area contributed by atoms with Crippen LogP contribution in [0.25, 0.3) is 0 Å². The number of aliphatic hydroxyl groups excluding tert-OH is 1. The van der Waals surface area contributed by atoms with Crippen molar-refractivity contribution in [2.24, 2.45) is 5.92 Å². The largest absolute Gasteiger partial charge is 0.395 e. The van der Waals surface area contributed by atoms with Crippen molar-refractivity contribution in [3.05, 3.63) is 28.8 Å². The van der Waals surface area contributed by atoms with Gasteiger partial charge in [0.1, 0.15) is 4.90 Å². The third-order valence-corrected chi connectivity index (χ3v) is 5.61. The number of hydrogen-bond acceptors (Lipinski definition) is 3. The molecule has 0 aromatic heterocycles. The van der Waals surface area contributed by atoms with Gasteiger partial charge in [0.2, 0.25) is 10.0 Å². The van der Waals surface area contributed by atoms with Crippen molar-refractivity contribution in [2.75, 3.05) is 20.2 Å². The molecule has 0 bridgehead atoms. The lowest BCUT2D eigenvalue weighted by molar-refractivity contribution is 0.305. The van der Waals surface area contributed by atoms with Crippen LogP contribution in [-0.4, -0.2) is 38.0 Å². The zero-order valence-corrected chi connectivity index (χ0v) is 13.4. The Balaban J connectivity index is 2.21. The van der Waals surface area contributed by atoms with Gasteiger partial charge in [-0.2, -0.15) is 0 Å². The number of nitrogens with zero attached hydrogens (tertiary/aromatic N) is 1. The SMILES string of the molecule is CN(CC1CC1)S(=O)(=O)c1ccc(C#CCCO)cc1Cl. The minimum Gasteiger partial charge on any atom is -0.395 e. The van der Waals surface area contributed by atoms with Crippen LogP contribution >= 0.6 is 11.6 Å². The first kappa shape index (κ1) is 16.3. The Morgan fingerprint density at radius 3 is 2.71 bits per heavy atom. The summed E-state index contributed by atoms with van der Waals surface area (Å²) in [6, 6.07) is 4.67. The lowest BCUT2D eigenvalue weighted by Crippen LogP contribution is -2.29. The first-order chi connectivity index (χ1) is 9.95. The molecule has 1 aliphatic carbocycles. The van der Waals surface area contributed by atoms with Crippen LogP contribution in [0.3, 0.4) is 0 Å². The van der Waals surface area contributed by atoms with Crippen LogP contribution in [0.15, 0.2) is 23.1 Å². The first-order valence-corrected chi connectivity index (χ1v) is 8.62. The van der Waals surface area contributed by atoms with E-state index in [1.807, 2.05) is 0 Å². The smallest absolute Gasteiger partial charge is 0.244 e. The van der Waals surface area contributed by atoms with Crippen molar-refractivity contribution in [1.29, 1.82) is 0 Å². The van der Waals surface area contributed by atoms with E-state index in [1.54, 1.807) is 19.2 Å². The zero-order chi connectivity index (χ0) is 15.5. The second-order valence-corrected chi connectivity index (χ2v) is 7.57. The van der Waals surface area contributed by atoms with Crippen LogP contribution < -0.4 is 0 Å². The van der Waals surface area contributed by atoms with E-state index in [-0.39, 0.29) is 16.5 Å². The van der Waals surface area contributed by atoms with Gasteiger partial charge in [-0.05, 0) is 37.0 Å². The van der Waals surface area contributed by atoms with Crippen molar-refractivity contribution in [3.63, 3.8) is 0 Å². The van der Waals surface area contributed by atoms with Crippen molar-refractivity contribution in [1.82, 2.24) is 4.31 Å². The molecular weight excluding hydrogens is 310 g/mol. The lowest BCUT2D eigenvalue weighted by atomic mass is 10.2. The van der Waals surface area contributed by atoms with Crippen LogP contribution in [0, 0.1) is 17.8 Å². The Morgan fingerprint density at radius 2 is 2.14 bits per heavy atom. The summed E-state index contributed by atoms with van der Waals surface area (Å²) < 4.78 is 26.3. The lowest BCUT2D eigenvalue weighted by Gasteiger charge is -2.17. The van der Waals surface area contributed by atoms with E-state index in [9.17, 15) is 8.42 Å². The second kappa shape index (κ2) is 6.80. The molecule has 1 N–H and O–H groups in total. The summed E-state index contributed by atoms with van der Waals surface area (Å²) in [7, 11) is -1.97. The molecule has 2 rings (SSSR count). The van der Waals surface area contributed by atoms with E-state index in [1.165, 1.54) is 10.4 Å². The number of rotatable bonds is 5. The summed E-state index contributed by atoms with van der Waals surface area (Å²) >= 11 is 6.10. The number of halogens is 1. The van der Waals surface area contributed by atoms with Crippen molar-refractivity contribution in [2.45, 2.75) is 24.2 Å². The van der Waals surface area contributed by atoms with Gasteiger partial charge >= 0.3 is 0 Å². The molecule has 1 aromatic carbocycles. The normalized spacial score (nSPS) is 14.9. The Morgan fingerprint density at radius 1 is 1.43 bits per heavy atom. The van der Waals surface area contributed by atoms with Crippen molar-refractivity contribution in [3.8, 4) is 11.8 Å². The highest BCUT2D eigenvalue weighted by atomic mass is 35.5. The minimum atomic E-state index is -3.55. The third kappa shape index (κ3) is 4.21. The van der Waals surface area contributed by atoms with Crippen LogP contribution in [0.1, 0.15) is 24.8 Å². The van der Waals surface area contributed by atoms with Gasteiger partial charge in [0.05, 0.1) is 11.6 Å². The molecule has 1 aliphatic rings. The van der Waals surface area contributed by atoms with E-state index in [0.29, 0.717) is 24.4 Å². The average molecular weight is 328 g/mol. The quantitative estimate of drug-likeness (QED) is 0.843. The monoisotopic (exact) mass is 327 g/mol. The summed E-state index contributed by atoms with van der Waals surface area (Å²) in [6.07, 6.45) is 2.56. The zero-order valence-electron chi connectivity index (χ0n) is 11.8. The maximum Gasteiger partial charge on any atom is 0.244 e. The van der Waals surface area contributed by atoms with Gasteiger partial charge in [-0.25, -0.2) is 12.7 Å². The maximum atomic E-state index is 12.5. The molecule has 114 valence electrons. The molecule has 0 unspecified atom stereocenters. The predicted molar refractivity (Wildman–Crippen MR) is 82.6 cm³/mol. The van der Waals surface area contributed by atoms with E-state index in [4.69, 9.17) is 16.7 Å². The van der Waals surface area contributed by atoms with Crippen LogP contribution in [0.2, 0.25) is 5.02 Å². The summed E-state index contributed by atoms with van der Waals surface area (Å²) in [5.41, 5.74) is 0.636.